The van der Waals surface area contributed by atoms with E-state index in [4.69, 9.17) is 11.6 Å². The highest BCUT2D eigenvalue weighted by molar-refractivity contribution is 9.11. The van der Waals surface area contributed by atoms with Crippen molar-refractivity contribution in [3.05, 3.63) is 14.9 Å². The molecular formula is C12H18BrClN2O2S2. The first kappa shape index (κ1) is 16.7. The number of nitrogens with zero attached hydrogens (tertiary/aromatic N) is 1. The van der Waals surface area contributed by atoms with Gasteiger partial charge in [0.15, 0.2) is 0 Å². The predicted octanol–water partition coefficient (Wildman–Crippen LogP) is 3.32. The summed E-state index contributed by atoms with van der Waals surface area (Å²) < 4.78 is 27.6. The number of sulfonamides is 1. The first-order valence-corrected chi connectivity index (χ1v) is 10.1. The summed E-state index contributed by atoms with van der Waals surface area (Å²) >= 11 is 10.2. The molecule has 0 spiro atoms. The van der Waals surface area contributed by atoms with Gasteiger partial charge in [-0.2, -0.15) is 0 Å². The van der Waals surface area contributed by atoms with Gasteiger partial charge >= 0.3 is 0 Å². The molecule has 114 valence electrons. The van der Waals surface area contributed by atoms with Gasteiger partial charge < -0.3 is 4.90 Å². The van der Waals surface area contributed by atoms with Crippen molar-refractivity contribution in [2.45, 2.75) is 29.9 Å². The SMILES string of the molecule is O=S(=O)(NCCCN1CCCCC1)c1cc(Cl)c(Br)s1. The van der Waals surface area contributed by atoms with E-state index < -0.39 is 10.0 Å². The van der Waals surface area contributed by atoms with E-state index in [1.54, 1.807) is 0 Å². The van der Waals surface area contributed by atoms with Crippen LogP contribution in [0.3, 0.4) is 0 Å². The van der Waals surface area contributed by atoms with Crippen molar-refractivity contribution in [2.24, 2.45) is 0 Å². The van der Waals surface area contributed by atoms with Crippen LogP contribution in [0.5, 0.6) is 0 Å². The second kappa shape index (κ2) is 7.56. The monoisotopic (exact) mass is 400 g/mol. The summed E-state index contributed by atoms with van der Waals surface area (Å²) in [6, 6.07) is 1.48. The van der Waals surface area contributed by atoms with Gasteiger partial charge in [-0.3, -0.25) is 0 Å². The van der Waals surface area contributed by atoms with Crippen molar-refractivity contribution in [2.75, 3.05) is 26.2 Å². The molecule has 20 heavy (non-hydrogen) atoms. The van der Waals surface area contributed by atoms with Crippen LogP contribution in [-0.2, 0) is 10.0 Å². The average molecular weight is 402 g/mol. The first-order valence-electron chi connectivity index (χ1n) is 6.66. The van der Waals surface area contributed by atoms with E-state index in [0.29, 0.717) is 15.4 Å². The molecule has 0 radical (unpaired) electrons. The molecule has 1 fully saturated rings. The standard InChI is InChI=1S/C12H18BrClN2O2S2/c13-12-10(14)9-11(19-12)20(17,18)15-5-4-8-16-6-2-1-3-7-16/h9,15H,1-8H2. The molecule has 8 heteroatoms. The fourth-order valence-corrected chi connectivity index (χ4v) is 5.74. The van der Waals surface area contributed by atoms with Gasteiger partial charge in [0.1, 0.15) is 4.21 Å². The Balaban J connectivity index is 1.77. The highest BCUT2D eigenvalue weighted by atomic mass is 79.9. The molecule has 0 unspecified atom stereocenters. The van der Waals surface area contributed by atoms with Crippen molar-refractivity contribution in [1.29, 1.82) is 0 Å². The smallest absolute Gasteiger partial charge is 0.250 e. The van der Waals surface area contributed by atoms with Crippen LogP contribution in [0.2, 0.25) is 5.02 Å². The second-order valence-corrected chi connectivity index (χ2v) is 9.61. The quantitative estimate of drug-likeness (QED) is 0.744. The Morgan fingerprint density at radius 2 is 2.05 bits per heavy atom. The third-order valence-corrected chi connectivity index (χ3v) is 7.69. The van der Waals surface area contributed by atoms with Gasteiger partial charge in [-0.15, -0.1) is 11.3 Å². The molecule has 0 saturated carbocycles. The molecule has 0 bridgehead atoms. The van der Waals surface area contributed by atoms with Gasteiger partial charge in [0.2, 0.25) is 10.0 Å². The summed E-state index contributed by atoms with van der Waals surface area (Å²) in [5.41, 5.74) is 0. The maximum Gasteiger partial charge on any atom is 0.250 e. The van der Waals surface area contributed by atoms with Gasteiger partial charge in [0, 0.05) is 6.54 Å². The number of nitrogens with one attached hydrogen (secondary N) is 1. The fraction of sp³-hybridized carbons (Fsp3) is 0.667. The Bertz CT molecular complexity index is 522. The summed E-state index contributed by atoms with van der Waals surface area (Å²) in [7, 11) is -3.43. The number of hydrogen-bond acceptors (Lipinski definition) is 4. The van der Waals surface area contributed by atoms with Crippen molar-refractivity contribution < 1.29 is 8.42 Å². The zero-order chi connectivity index (χ0) is 14.6. The van der Waals surface area contributed by atoms with Crippen molar-refractivity contribution >= 4 is 48.9 Å². The molecule has 1 aromatic rings. The zero-order valence-electron chi connectivity index (χ0n) is 11.1. The maximum absolute atomic E-state index is 12.1. The lowest BCUT2D eigenvalue weighted by Crippen LogP contribution is -2.33. The van der Waals surface area contributed by atoms with Crippen LogP contribution >= 0.6 is 38.9 Å². The second-order valence-electron chi connectivity index (χ2n) is 4.84. The topological polar surface area (TPSA) is 49.4 Å². The Kier molecular flexibility index (Phi) is 6.31. The predicted molar refractivity (Wildman–Crippen MR) is 87.1 cm³/mol. The van der Waals surface area contributed by atoms with Crippen LogP contribution in [-0.4, -0.2) is 39.5 Å². The number of halogens is 2. The first-order chi connectivity index (χ1) is 9.49. The Labute approximate surface area is 137 Å². The molecule has 4 nitrogen and oxygen atoms in total. The molecule has 1 aliphatic rings. The van der Waals surface area contributed by atoms with E-state index >= 15 is 0 Å². The molecule has 0 amide bonds. The van der Waals surface area contributed by atoms with Gasteiger partial charge in [0.25, 0.3) is 0 Å². The molecular weight excluding hydrogens is 384 g/mol. The highest BCUT2D eigenvalue weighted by Gasteiger charge is 2.18. The minimum atomic E-state index is -3.43. The van der Waals surface area contributed by atoms with Gasteiger partial charge in [-0.05, 0) is 60.9 Å². The number of piperidine rings is 1. The fourth-order valence-electron chi connectivity index (χ4n) is 2.22. The van der Waals surface area contributed by atoms with Gasteiger partial charge in [-0.25, -0.2) is 13.1 Å². The lowest BCUT2D eigenvalue weighted by molar-refractivity contribution is 0.227. The summed E-state index contributed by atoms with van der Waals surface area (Å²) in [6.45, 7) is 3.70. The molecule has 1 aromatic heterocycles. The van der Waals surface area contributed by atoms with Crippen LogP contribution in [0, 0.1) is 0 Å². The summed E-state index contributed by atoms with van der Waals surface area (Å²) in [4.78, 5) is 2.40. The van der Waals surface area contributed by atoms with E-state index in [0.717, 1.165) is 37.4 Å². The van der Waals surface area contributed by atoms with Gasteiger partial charge in [0.05, 0.1) is 8.81 Å². The Morgan fingerprint density at radius 3 is 2.65 bits per heavy atom. The van der Waals surface area contributed by atoms with Crippen LogP contribution in [0.4, 0.5) is 0 Å². The number of hydrogen-bond donors (Lipinski definition) is 1. The van der Waals surface area contributed by atoms with Crippen molar-refractivity contribution in [3.63, 3.8) is 0 Å². The molecule has 2 rings (SSSR count). The van der Waals surface area contributed by atoms with Gasteiger partial charge in [-0.1, -0.05) is 18.0 Å². The minimum Gasteiger partial charge on any atom is -0.303 e. The molecule has 2 heterocycles. The van der Waals surface area contributed by atoms with Crippen molar-refractivity contribution in [3.8, 4) is 0 Å². The number of likely N-dealkylation sites (tertiary alicyclic amines) is 1. The molecule has 1 N–H and O–H groups in total. The normalized spacial score (nSPS) is 17.5. The number of thiophene rings is 1. The molecule has 0 atom stereocenters. The number of rotatable bonds is 6. The van der Waals surface area contributed by atoms with E-state index in [9.17, 15) is 8.42 Å². The minimum absolute atomic E-state index is 0.257. The lowest BCUT2D eigenvalue weighted by Gasteiger charge is -2.26. The Morgan fingerprint density at radius 1 is 1.35 bits per heavy atom. The van der Waals surface area contributed by atoms with E-state index in [2.05, 4.69) is 25.6 Å². The third kappa shape index (κ3) is 4.68. The largest absolute Gasteiger partial charge is 0.303 e. The lowest BCUT2D eigenvalue weighted by atomic mass is 10.1. The molecule has 1 aliphatic heterocycles. The third-order valence-electron chi connectivity index (χ3n) is 3.28. The van der Waals surface area contributed by atoms with E-state index in [1.807, 2.05) is 0 Å². The van der Waals surface area contributed by atoms with Crippen molar-refractivity contribution in [1.82, 2.24) is 9.62 Å². The van der Waals surface area contributed by atoms with Crippen LogP contribution in [0.25, 0.3) is 0 Å². The van der Waals surface area contributed by atoms with Crippen LogP contribution in [0.15, 0.2) is 14.1 Å². The van der Waals surface area contributed by atoms with E-state index in [1.165, 1.54) is 25.3 Å². The van der Waals surface area contributed by atoms with E-state index in [-0.39, 0.29) is 4.21 Å². The molecule has 1 saturated heterocycles. The zero-order valence-corrected chi connectivity index (χ0v) is 15.0. The highest BCUT2D eigenvalue weighted by Crippen LogP contribution is 2.34. The summed E-state index contributed by atoms with van der Waals surface area (Å²) in [5, 5.41) is 0.434. The summed E-state index contributed by atoms with van der Waals surface area (Å²) in [6.07, 6.45) is 4.66. The summed E-state index contributed by atoms with van der Waals surface area (Å²) in [5.74, 6) is 0. The maximum atomic E-state index is 12.1. The Hall–Kier alpha value is 0.340. The average Bonchev–Trinajstić information content (AvgIpc) is 2.77. The van der Waals surface area contributed by atoms with Crippen LogP contribution in [0.1, 0.15) is 25.7 Å². The molecule has 0 aliphatic carbocycles. The van der Waals surface area contributed by atoms with Crippen LogP contribution < -0.4 is 4.72 Å². The molecule has 0 aromatic carbocycles.